The van der Waals surface area contributed by atoms with Crippen LogP contribution in [-0.2, 0) is 11.3 Å². The zero-order chi connectivity index (χ0) is 15.5. The van der Waals surface area contributed by atoms with Crippen LogP contribution in [0.1, 0.15) is 25.8 Å². The molecule has 1 aromatic carbocycles. The average molecular weight is 294 g/mol. The predicted molar refractivity (Wildman–Crippen MR) is 79.6 cm³/mol. The highest BCUT2D eigenvalue weighted by molar-refractivity contribution is 5.83. The number of hydrogen-bond acceptors (Lipinski definition) is 3. The molecule has 1 aliphatic rings. The first-order valence-electron chi connectivity index (χ1n) is 7.32. The van der Waals surface area contributed by atoms with Gasteiger partial charge in [-0.2, -0.15) is 0 Å². The first-order chi connectivity index (χ1) is 10.00. The van der Waals surface area contributed by atoms with Crippen LogP contribution in [0.4, 0.5) is 4.39 Å². The summed E-state index contributed by atoms with van der Waals surface area (Å²) in [5.74, 6) is -0.0430. The molecule has 1 N–H and O–H groups in total. The molecule has 1 fully saturated rings. The fraction of sp³-hybridized carbons (Fsp3) is 0.562. The maximum Gasteiger partial charge on any atom is 0.230 e. The summed E-state index contributed by atoms with van der Waals surface area (Å²) >= 11 is 0. The molecule has 1 unspecified atom stereocenters. The Morgan fingerprint density at radius 1 is 1.52 bits per heavy atom. The van der Waals surface area contributed by atoms with Crippen molar-refractivity contribution in [3.8, 4) is 5.75 Å². The summed E-state index contributed by atoms with van der Waals surface area (Å²) in [7, 11) is 1.44. The molecule has 2 rings (SSSR count). The van der Waals surface area contributed by atoms with Crippen LogP contribution in [-0.4, -0.2) is 37.6 Å². The van der Waals surface area contributed by atoms with Crippen molar-refractivity contribution in [1.29, 1.82) is 0 Å². The number of methoxy groups -OCH3 is 1. The van der Waals surface area contributed by atoms with Gasteiger partial charge in [0.2, 0.25) is 5.91 Å². The van der Waals surface area contributed by atoms with Crippen molar-refractivity contribution in [3.05, 3.63) is 29.6 Å². The topological polar surface area (TPSA) is 41.6 Å². The molecule has 116 valence electrons. The van der Waals surface area contributed by atoms with Gasteiger partial charge < -0.3 is 15.0 Å². The molecule has 0 bridgehead atoms. The number of ether oxygens (including phenoxy) is 1. The third-order valence-electron chi connectivity index (χ3n) is 4.14. The Bertz CT molecular complexity index is 513. The van der Waals surface area contributed by atoms with Gasteiger partial charge in [0, 0.05) is 19.6 Å². The molecule has 4 nitrogen and oxygen atoms in total. The van der Waals surface area contributed by atoms with Crippen LogP contribution in [0.15, 0.2) is 18.2 Å². The quantitative estimate of drug-likeness (QED) is 0.905. The Morgan fingerprint density at radius 3 is 2.81 bits per heavy atom. The smallest absolute Gasteiger partial charge is 0.230 e. The number of carbonyl (C=O) groups is 1. The summed E-state index contributed by atoms with van der Waals surface area (Å²) in [6.45, 7) is 6.56. The van der Waals surface area contributed by atoms with Crippen molar-refractivity contribution < 1.29 is 13.9 Å². The molecule has 1 amide bonds. The van der Waals surface area contributed by atoms with E-state index in [1.54, 1.807) is 17.0 Å². The minimum absolute atomic E-state index is 0.131. The van der Waals surface area contributed by atoms with Crippen LogP contribution in [0.25, 0.3) is 0 Å². The van der Waals surface area contributed by atoms with Crippen LogP contribution in [0.5, 0.6) is 5.75 Å². The van der Waals surface area contributed by atoms with E-state index in [4.69, 9.17) is 4.74 Å². The fourth-order valence-electron chi connectivity index (χ4n) is 2.74. The number of rotatable bonds is 5. The van der Waals surface area contributed by atoms with E-state index in [-0.39, 0.29) is 17.1 Å². The third kappa shape index (κ3) is 3.35. The van der Waals surface area contributed by atoms with Gasteiger partial charge in [-0.05, 0) is 44.5 Å². The van der Waals surface area contributed by atoms with E-state index in [9.17, 15) is 9.18 Å². The molecule has 0 aromatic heterocycles. The van der Waals surface area contributed by atoms with Gasteiger partial charge in [-0.25, -0.2) is 4.39 Å². The average Bonchev–Trinajstić information content (AvgIpc) is 2.92. The molecule has 0 aliphatic carbocycles. The van der Waals surface area contributed by atoms with Gasteiger partial charge in [-0.1, -0.05) is 6.07 Å². The molecule has 21 heavy (non-hydrogen) atoms. The third-order valence-corrected chi connectivity index (χ3v) is 4.14. The molecule has 1 aromatic rings. The zero-order valence-electron chi connectivity index (χ0n) is 12.9. The van der Waals surface area contributed by atoms with Gasteiger partial charge in [-0.15, -0.1) is 0 Å². The van der Waals surface area contributed by atoms with Crippen LogP contribution in [0, 0.1) is 11.2 Å². The summed E-state index contributed by atoms with van der Waals surface area (Å²) in [4.78, 5) is 14.5. The lowest BCUT2D eigenvalue weighted by Crippen LogP contribution is -2.43. The van der Waals surface area contributed by atoms with E-state index in [0.29, 0.717) is 19.6 Å². The molecule has 1 atom stereocenters. The Hall–Kier alpha value is -1.62. The molecular formula is C16H23FN2O2. The monoisotopic (exact) mass is 294 g/mol. The van der Waals surface area contributed by atoms with Gasteiger partial charge >= 0.3 is 0 Å². The van der Waals surface area contributed by atoms with Gasteiger partial charge in [0.15, 0.2) is 11.6 Å². The Kier molecular flexibility index (Phi) is 4.83. The number of amides is 1. The molecular weight excluding hydrogens is 271 g/mol. The first kappa shape index (κ1) is 15.8. The van der Waals surface area contributed by atoms with Crippen LogP contribution >= 0.6 is 0 Å². The second-order valence-corrected chi connectivity index (χ2v) is 5.78. The number of carbonyl (C=O) groups excluding carboxylic acids is 1. The molecule has 0 radical (unpaired) electrons. The Balaban J connectivity index is 2.11. The molecule has 5 heteroatoms. The minimum atomic E-state index is -0.396. The summed E-state index contributed by atoms with van der Waals surface area (Å²) < 4.78 is 18.7. The predicted octanol–water partition coefficient (Wildman–Crippen LogP) is 2.18. The maximum absolute atomic E-state index is 13.7. The van der Waals surface area contributed by atoms with Crippen molar-refractivity contribution in [3.63, 3.8) is 0 Å². The maximum atomic E-state index is 13.7. The fourth-order valence-corrected chi connectivity index (χ4v) is 2.74. The number of hydrogen-bond donors (Lipinski definition) is 1. The van der Waals surface area contributed by atoms with E-state index in [1.165, 1.54) is 13.2 Å². The molecule has 0 saturated carbocycles. The SMILES string of the molecule is CCN(Cc1ccc(OC)c(F)c1)C(=O)C1(C)CCNC1. The van der Waals surface area contributed by atoms with Crippen molar-refractivity contribution in [2.75, 3.05) is 26.7 Å². The number of nitrogens with zero attached hydrogens (tertiary/aromatic N) is 1. The number of nitrogens with one attached hydrogen (secondary N) is 1. The first-order valence-corrected chi connectivity index (χ1v) is 7.32. The lowest BCUT2D eigenvalue weighted by atomic mass is 9.88. The zero-order valence-corrected chi connectivity index (χ0v) is 12.9. The summed E-state index contributed by atoms with van der Waals surface area (Å²) in [6.07, 6.45) is 0.847. The van der Waals surface area contributed by atoms with Crippen LogP contribution in [0.2, 0.25) is 0 Å². The van der Waals surface area contributed by atoms with Crippen molar-refractivity contribution in [2.24, 2.45) is 5.41 Å². The number of halogens is 1. The van der Waals surface area contributed by atoms with Gasteiger partial charge in [0.1, 0.15) is 0 Å². The summed E-state index contributed by atoms with van der Waals surface area (Å²) in [5.41, 5.74) is 0.430. The van der Waals surface area contributed by atoms with E-state index < -0.39 is 5.82 Å². The van der Waals surface area contributed by atoms with Crippen molar-refractivity contribution >= 4 is 5.91 Å². The highest BCUT2D eigenvalue weighted by atomic mass is 19.1. The molecule has 1 aliphatic heterocycles. The highest BCUT2D eigenvalue weighted by Crippen LogP contribution is 2.28. The van der Waals surface area contributed by atoms with Crippen molar-refractivity contribution in [1.82, 2.24) is 10.2 Å². The van der Waals surface area contributed by atoms with Gasteiger partial charge in [-0.3, -0.25) is 4.79 Å². The number of benzene rings is 1. The van der Waals surface area contributed by atoms with Crippen LogP contribution < -0.4 is 10.1 Å². The molecule has 1 saturated heterocycles. The normalized spacial score (nSPS) is 21.3. The summed E-state index contributed by atoms with van der Waals surface area (Å²) in [6, 6.07) is 4.83. The standard InChI is InChI=1S/C16H23FN2O2/c1-4-19(15(20)16(2)7-8-18-11-16)10-12-5-6-14(21-3)13(17)9-12/h5-6,9,18H,4,7-8,10-11H2,1-3H3. The van der Waals surface area contributed by atoms with Gasteiger partial charge in [0.25, 0.3) is 0 Å². The van der Waals surface area contributed by atoms with E-state index in [2.05, 4.69) is 5.32 Å². The van der Waals surface area contributed by atoms with Crippen molar-refractivity contribution in [2.45, 2.75) is 26.8 Å². The summed E-state index contributed by atoms with van der Waals surface area (Å²) in [5, 5.41) is 3.24. The van der Waals surface area contributed by atoms with E-state index in [1.807, 2.05) is 13.8 Å². The molecule has 1 heterocycles. The highest BCUT2D eigenvalue weighted by Gasteiger charge is 2.38. The van der Waals surface area contributed by atoms with Gasteiger partial charge in [0.05, 0.1) is 12.5 Å². The van der Waals surface area contributed by atoms with E-state index >= 15 is 0 Å². The molecule has 0 spiro atoms. The van der Waals surface area contributed by atoms with E-state index in [0.717, 1.165) is 18.5 Å². The lowest BCUT2D eigenvalue weighted by molar-refractivity contribution is -0.140. The Labute approximate surface area is 125 Å². The second kappa shape index (κ2) is 6.43. The Morgan fingerprint density at radius 2 is 2.29 bits per heavy atom. The minimum Gasteiger partial charge on any atom is -0.494 e. The van der Waals surface area contributed by atoms with Crippen LogP contribution in [0.3, 0.4) is 0 Å². The largest absolute Gasteiger partial charge is 0.494 e. The lowest BCUT2D eigenvalue weighted by Gasteiger charge is -2.30. The second-order valence-electron chi connectivity index (χ2n) is 5.78.